The average molecular weight is 155 g/mol. The van der Waals surface area contributed by atoms with Crippen molar-refractivity contribution in [2.75, 3.05) is 0 Å². The van der Waals surface area contributed by atoms with E-state index in [1.165, 1.54) is 31.2 Å². The Hall–Kier alpha value is -0.920. The number of hydrogen-bond acceptors (Lipinski definition) is 0. The summed E-state index contributed by atoms with van der Waals surface area (Å²) in [6.45, 7) is 1.47. The molecule has 0 spiro atoms. The molecule has 0 saturated heterocycles. The number of hydrogen-bond donors (Lipinski definition) is 0. The van der Waals surface area contributed by atoms with Crippen molar-refractivity contribution < 1.29 is 8.78 Å². The zero-order valence-corrected chi connectivity index (χ0v) is 6.27. The minimum atomic E-state index is -2.69. The third-order valence-electron chi connectivity index (χ3n) is 1.58. The second-order valence-electron chi connectivity index (χ2n) is 2.35. The van der Waals surface area contributed by atoms with Gasteiger partial charge >= 0.3 is 0 Å². The van der Waals surface area contributed by atoms with Crippen LogP contribution in [0.3, 0.4) is 0 Å². The van der Waals surface area contributed by atoms with E-state index in [1.807, 2.05) is 0 Å². The average Bonchev–Trinajstić information content (AvgIpc) is 2.06. The summed E-state index contributed by atoms with van der Waals surface area (Å²) in [4.78, 5) is 0. The van der Waals surface area contributed by atoms with Crippen LogP contribution in [0.1, 0.15) is 18.9 Å². The smallest absolute Gasteiger partial charge is 0.201 e. The topological polar surface area (TPSA) is 0 Å². The van der Waals surface area contributed by atoms with E-state index in [-0.39, 0.29) is 12.0 Å². The van der Waals surface area contributed by atoms with Crippen LogP contribution in [0.15, 0.2) is 24.3 Å². The standard InChI is InChI=1S/C9H9F2/c1-2-9(10,11)8-6-4-3-5-7-8/h4-7H,2H2,1H3. The number of benzene rings is 1. The van der Waals surface area contributed by atoms with Gasteiger partial charge in [0.2, 0.25) is 0 Å². The highest BCUT2D eigenvalue weighted by Crippen LogP contribution is 2.30. The van der Waals surface area contributed by atoms with Gasteiger partial charge in [-0.25, -0.2) is 8.78 Å². The molecule has 0 atom stereocenters. The molecule has 1 rings (SSSR count). The van der Waals surface area contributed by atoms with Gasteiger partial charge in [0.25, 0.3) is 5.92 Å². The monoisotopic (exact) mass is 155 g/mol. The zero-order valence-electron chi connectivity index (χ0n) is 6.27. The van der Waals surface area contributed by atoms with Gasteiger partial charge < -0.3 is 0 Å². The predicted molar refractivity (Wildman–Crippen MR) is 39.5 cm³/mol. The van der Waals surface area contributed by atoms with Crippen molar-refractivity contribution in [2.45, 2.75) is 19.3 Å². The summed E-state index contributed by atoms with van der Waals surface area (Å²) in [7, 11) is 0. The lowest BCUT2D eigenvalue weighted by molar-refractivity contribution is -0.00828. The van der Waals surface area contributed by atoms with Gasteiger partial charge in [0.15, 0.2) is 0 Å². The summed E-state index contributed by atoms with van der Waals surface area (Å²) in [5, 5.41) is 0. The molecule has 0 aliphatic rings. The molecule has 1 aromatic carbocycles. The summed E-state index contributed by atoms with van der Waals surface area (Å²) >= 11 is 0. The number of rotatable bonds is 2. The van der Waals surface area contributed by atoms with E-state index >= 15 is 0 Å². The quantitative estimate of drug-likeness (QED) is 0.615. The van der Waals surface area contributed by atoms with Crippen LogP contribution in [0.4, 0.5) is 8.78 Å². The minimum absolute atomic E-state index is 0.0683. The van der Waals surface area contributed by atoms with Gasteiger partial charge in [0.1, 0.15) is 0 Å². The van der Waals surface area contributed by atoms with Gasteiger partial charge in [0.05, 0.1) is 0 Å². The normalized spacial score (nSPS) is 11.5. The molecule has 0 N–H and O–H groups in total. The molecular formula is C9H9F2. The maximum Gasteiger partial charge on any atom is 0.273 e. The van der Waals surface area contributed by atoms with E-state index in [4.69, 9.17) is 0 Å². The molecule has 0 aliphatic heterocycles. The molecule has 0 aliphatic carbocycles. The van der Waals surface area contributed by atoms with E-state index in [2.05, 4.69) is 6.07 Å². The van der Waals surface area contributed by atoms with Crippen molar-refractivity contribution in [3.63, 3.8) is 0 Å². The fraction of sp³-hybridized carbons (Fsp3) is 0.333. The van der Waals surface area contributed by atoms with Gasteiger partial charge in [-0.05, 0) is 6.07 Å². The highest BCUT2D eigenvalue weighted by Gasteiger charge is 2.27. The molecule has 11 heavy (non-hydrogen) atoms. The highest BCUT2D eigenvalue weighted by atomic mass is 19.3. The van der Waals surface area contributed by atoms with Crippen LogP contribution in [-0.4, -0.2) is 0 Å². The largest absolute Gasteiger partial charge is 0.273 e. The maximum atomic E-state index is 12.9. The summed E-state index contributed by atoms with van der Waals surface area (Å²) in [5.74, 6) is -2.69. The summed E-state index contributed by atoms with van der Waals surface area (Å²) in [6, 6.07) is 8.48. The lowest BCUT2D eigenvalue weighted by Gasteiger charge is -2.13. The van der Waals surface area contributed by atoms with Crippen molar-refractivity contribution in [3.05, 3.63) is 35.9 Å². The van der Waals surface area contributed by atoms with Gasteiger partial charge in [-0.2, -0.15) is 0 Å². The molecule has 0 fully saturated rings. The lowest BCUT2D eigenvalue weighted by atomic mass is 10.1. The van der Waals surface area contributed by atoms with Crippen LogP contribution in [0, 0.1) is 6.07 Å². The van der Waals surface area contributed by atoms with Crippen LogP contribution in [-0.2, 0) is 5.92 Å². The molecule has 0 amide bonds. The summed E-state index contributed by atoms with van der Waals surface area (Å²) in [6.07, 6.45) is -0.156. The van der Waals surface area contributed by atoms with Gasteiger partial charge in [-0.1, -0.05) is 31.2 Å². The zero-order chi connectivity index (χ0) is 8.32. The highest BCUT2D eigenvalue weighted by molar-refractivity contribution is 5.18. The van der Waals surface area contributed by atoms with Crippen molar-refractivity contribution in [1.82, 2.24) is 0 Å². The molecule has 1 radical (unpaired) electrons. The van der Waals surface area contributed by atoms with Crippen molar-refractivity contribution in [3.8, 4) is 0 Å². The van der Waals surface area contributed by atoms with E-state index in [0.29, 0.717) is 0 Å². The first-order valence-electron chi connectivity index (χ1n) is 3.51. The minimum Gasteiger partial charge on any atom is -0.201 e. The maximum absolute atomic E-state index is 12.9. The van der Waals surface area contributed by atoms with E-state index in [1.54, 1.807) is 0 Å². The first-order chi connectivity index (χ1) is 5.17. The Kier molecular flexibility index (Phi) is 2.22. The van der Waals surface area contributed by atoms with Gasteiger partial charge in [-0.3, -0.25) is 0 Å². The Labute approximate surface area is 64.9 Å². The fourth-order valence-corrected chi connectivity index (χ4v) is 0.835. The van der Waals surface area contributed by atoms with Crippen molar-refractivity contribution >= 4 is 0 Å². The second-order valence-corrected chi connectivity index (χ2v) is 2.35. The third kappa shape index (κ3) is 1.76. The molecule has 1 aromatic rings. The van der Waals surface area contributed by atoms with Crippen LogP contribution in [0.2, 0.25) is 0 Å². The van der Waals surface area contributed by atoms with Gasteiger partial charge in [-0.15, -0.1) is 0 Å². The Bertz CT molecular complexity index is 216. The molecule has 0 nitrogen and oxygen atoms in total. The molecule has 2 heteroatoms. The van der Waals surface area contributed by atoms with E-state index < -0.39 is 5.92 Å². The van der Waals surface area contributed by atoms with E-state index in [0.717, 1.165) is 0 Å². The number of halogens is 2. The van der Waals surface area contributed by atoms with Crippen LogP contribution >= 0.6 is 0 Å². The Morgan fingerprint density at radius 2 is 1.91 bits per heavy atom. The Morgan fingerprint density at radius 1 is 1.36 bits per heavy atom. The molecule has 0 aromatic heterocycles. The number of alkyl halides is 2. The van der Waals surface area contributed by atoms with Gasteiger partial charge in [0, 0.05) is 12.0 Å². The molecule has 0 saturated carbocycles. The van der Waals surface area contributed by atoms with E-state index in [9.17, 15) is 8.78 Å². The SMILES string of the molecule is CCC(F)(F)c1cc[c]cc1. The molecular weight excluding hydrogens is 146 g/mol. The Morgan fingerprint density at radius 3 is 2.36 bits per heavy atom. The first kappa shape index (κ1) is 8.18. The molecule has 59 valence electrons. The Balaban J connectivity index is 2.93. The molecule has 0 heterocycles. The third-order valence-corrected chi connectivity index (χ3v) is 1.58. The van der Waals surface area contributed by atoms with Crippen LogP contribution in [0.5, 0.6) is 0 Å². The molecule has 0 bridgehead atoms. The van der Waals surface area contributed by atoms with Crippen molar-refractivity contribution in [2.24, 2.45) is 0 Å². The summed E-state index contributed by atoms with van der Waals surface area (Å²) < 4.78 is 25.7. The molecule has 0 unspecified atom stereocenters. The van der Waals surface area contributed by atoms with Crippen LogP contribution < -0.4 is 0 Å². The van der Waals surface area contributed by atoms with Crippen molar-refractivity contribution in [1.29, 1.82) is 0 Å². The fourth-order valence-electron chi connectivity index (χ4n) is 0.835. The lowest BCUT2D eigenvalue weighted by Crippen LogP contribution is -2.10. The van der Waals surface area contributed by atoms with Crippen LogP contribution in [0.25, 0.3) is 0 Å². The predicted octanol–water partition coefficient (Wildman–Crippen LogP) is 2.99. The first-order valence-corrected chi connectivity index (χ1v) is 3.51. The summed E-state index contributed by atoms with van der Waals surface area (Å²) in [5.41, 5.74) is 0.0683. The second kappa shape index (κ2) is 2.99.